The zero-order valence-corrected chi connectivity index (χ0v) is 27.4. The van der Waals surface area contributed by atoms with Crippen molar-refractivity contribution in [3.05, 3.63) is 180 Å². The summed E-state index contributed by atoms with van der Waals surface area (Å²) in [5.74, 6) is -9.65. The van der Waals surface area contributed by atoms with Gasteiger partial charge in [-0.3, -0.25) is 0 Å². The Hall–Kier alpha value is -3.70. The summed E-state index contributed by atoms with van der Waals surface area (Å²) in [7, 11) is 0. The Morgan fingerprint density at radius 2 is 0.867 bits per heavy atom. The average molecular weight is 725 g/mol. The van der Waals surface area contributed by atoms with Crippen molar-refractivity contribution in [1.82, 2.24) is 0 Å². The van der Waals surface area contributed by atoms with E-state index in [1.54, 1.807) is 0 Å². The normalized spacial score (nSPS) is 10.1. The first-order chi connectivity index (χ1) is 20.9. The van der Waals surface area contributed by atoms with Crippen molar-refractivity contribution in [2.75, 3.05) is 0 Å². The van der Waals surface area contributed by atoms with E-state index in [1.807, 2.05) is 0 Å². The topological polar surface area (TPSA) is 0 Å². The van der Waals surface area contributed by atoms with Crippen LogP contribution in [0.2, 0.25) is 0 Å². The second-order valence-corrected chi connectivity index (χ2v) is 10.8. The summed E-state index contributed by atoms with van der Waals surface area (Å²) in [4.78, 5) is 0. The SMILES string of the molecule is Fc1c(F)c(F)c(-c2ccc[cH-]2)c(F)c1F.[Cl-].[Cl-].[Zr+2]=[C](c1ccccc1)c1ccccc1.c1ccc2c(c1)[cH-]c1ccccc12. The fourth-order valence-corrected chi connectivity index (χ4v) is 5.50. The molecule has 0 N–H and O–H groups in total. The van der Waals surface area contributed by atoms with Crippen molar-refractivity contribution in [1.29, 1.82) is 0 Å². The minimum Gasteiger partial charge on any atom is -0.126 e. The third-order valence-corrected chi connectivity index (χ3v) is 8.23. The van der Waals surface area contributed by atoms with Crippen LogP contribution in [0.3, 0.4) is 0 Å². The van der Waals surface area contributed by atoms with Crippen LogP contribution >= 0.6 is 0 Å². The largest absolute Gasteiger partial charge is 0.126 e. The molecule has 0 amide bonds. The van der Waals surface area contributed by atoms with Crippen molar-refractivity contribution in [3.8, 4) is 11.1 Å². The summed E-state index contributed by atoms with van der Waals surface area (Å²) in [5, 5.41) is 5.39. The summed E-state index contributed by atoms with van der Waals surface area (Å²) in [6, 6.07) is 45.8. The van der Waals surface area contributed by atoms with Gasteiger partial charge in [-0.05, 0) is 5.56 Å². The molecule has 0 atom stereocenters. The van der Waals surface area contributed by atoms with Crippen LogP contribution in [0.4, 0.5) is 22.0 Å². The van der Waals surface area contributed by atoms with Crippen molar-refractivity contribution >= 4 is 24.8 Å². The molecule has 0 nitrogen and oxygen atoms in total. The molecule has 45 heavy (non-hydrogen) atoms. The smallest absolute Gasteiger partial charge is 0.0771 e. The number of hydrogen-bond acceptors (Lipinski definition) is 0. The van der Waals surface area contributed by atoms with Gasteiger partial charge in [-0.15, -0.1) is 51.4 Å². The Balaban J connectivity index is 0.000000181. The number of hydrogen-bond donors (Lipinski definition) is 0. The minimum atomic E-state index is -2.15. The Kier molecular flexibility index (Phi) is 13.2. The van der Waals surface area contributed by atoms with Crippen LogP contribution < -0.4 is 24.8 Å². The molecular weight excluding hydrogens is 702 g/mol. The Bertz CT molecular complexity index is 1870. The first-order valence-electron chi connectivity index (χ1n) is 13.3. The van der Waals surface area contributed by atoms with Gasteiger partial charge in [0.1, 0.15) is 11.6 Å². The molecule has 0 aliphatic heterocycles. The van der Waals surface area contributed by atoms with Crippen LogP contribution in [0.1, 0.15) is 11.1 Å². The van der Waals surface area contributed by atoms with Gasteiger partial charge in [0.2, 0.25) is 0 Å². The van der Waals surface area contributed by atoms with Gasteiger partial charge in [0.15, 0.2) is 17.5 Å². The Morgan fingerprint density at radius 3 is 1.29 bits per heavy atom. The predicted molar refractivity (Wildman–Crippen MR) is 160 cm³/mol. The second kappa shape index (κ2) is 16.6. The van der Waals surface area contributed by atoms with Crippen molar-refractivity contribution in [2.24, 2.45) is 0 Å². The van der Waals surface area contributed by atoms with E-state index in [9.17, 15) is 22.0 Å². The summed E-state index contributed by atoms with van der Waals surface area (Å²) in [6.07, 6.45) is 0. The molecule has 0 fully saturated rings. The van der Waals surface area contributed by atoms with Crippen LogP contribution in [0.5, 0.6) is 0 Å². The molecule has 0 saturated heterocycles. The number of benzene rings is 5. The van der Waals surface area contributed by atoms with Gasteiger partial charge in [0.05, 0.1) is 0 Å². The van der Waals surface area contributed by atoms with Gasteiger partial charge >= 0.3 is 99.2 Å². The first kappa shape index (κ1) is 35.8. The van der Waals surface area contributed by atoms with Crippen molar-refractivity contribution in [3.63, 3.8) is 0 Å². The maximum Gasteiger partial charge on any atom is -0.0771 e. The molecule has 7 aromatic rings. The fraction of sp³-hybridized carbons (Fsp3) is 0. The third-order valence-electron chi connectivity index (χ3n) is 6.81. The van der Waals surface area contributed by atoms with E-state index in [-0.39, 0.29) is 30.4 Å². The molecule has 7 aromatic carbocycles. The number of rotatable bonds is 3. The van der Waals surface area contributed by atoms with Gasteiger partial charge in [0.25, 0.3) is 0 Å². The number of halogens is 7. The molecule has 0 spiro atoms. The fourth-order valence-electron chi connectivity index (χ4n) is 4.68. The molecule has 0 unspecified atom stereocenters. The van der Waals surface area contributed by atoms with Gasteiger partial charge in [-0.1, -0.05) is 36.4 Å². The minimum absolute atomic E-state index is 0. The van der Waals surface area contributed by atoms with Gasteiger partial charge in [-0.25, -0.2) is 22.0 Å². The summed E-state index contributed by atoms with van der Waals surface area (Å²) >= 11 is 1.46. The van der Waals surface area contributed by atoms with E-state index in [4.69, 9.17) is 0 Å². The predicted octanol–water partition coefficient (Wildman–Crippen LogP) is 4.29. The van der Waals surface area contributed by atoms with E-state index in [0.29, 0.717) is 0 Å². The maximum absolute atomic E-state index is 13.2. The van der Waals surface area contributed by atoms with Gasteiger partial charge < -0.3 is 24.8 Å². The number of fused-ring (bicyclic) bond motifs is 3. The van der Waals surface area contributed by atoms with Gasteiger partial charge in [-0.2, -0.15) is 18.2 Å². The molecule has 0 aliphatic carbocycles. The molecule has 8 heteroatoms. The van der Waals surface area contributed by atoms with Gasteiger partial charge in [0, 0.05) is 0 Å². The molecule has 0 saturated carbocycles. The van der Waals surface area contributed by atoms with Crippen molar-refractivity contribution in [2.45, 2.75) is 0 Å². The molecule has 0 heterocycles. The molecule has 0 aliphatic rings. The average Bonchev–Trinajstić information content (AvgIpc) is 3.73. The quantitative estimate of drug-likeness (QED) is 0.111. The molecule has 0 radical (unpaired) electrons. The molecule has 7 rings (SSSR count). The Labute approximate surface area is 285 Å². The maximum atomic E-state index is 13.2. The van der Waals surface area contributed by atoms with E-state index in [2.05, 4.69) is 115 Å². The van der Waals surface area contributed by atoms with E-state index < -0.39 is 34.6 Å². The first-order valence-corrected chi connectivity index (χ1v) is 14.6. The summed E-state index contributed by atoms with van der Waals surface area (Å²) in [6.45, 7) is 0. The monoisotopic (exact) mass is 722 g/mol. The molecule has 0 aromatic heterocycles. The van der Waals surface area contributed by atoms with Crippen LogP contribution in [-0.4, -0.2) is 3.21 Å². The second-order valence-electron chi connectivity index (χ2n) is 9.54. The van der Waals surface area contributed by atoms with Crippen LogP contribution in [0.25, 0.3) is 32.7 Å². The standard InChI is InChI=1S/C13H9.C13H10.C11H4F5.2ClH.Zr/c1-3-7-12-10(5-1)9-11-6-2-4-8-13(11)12;1-3-7-12(8-4-1)11-13-9-5-2-6-10-13;12-7-6(5-3-1-2-4-5)8(13)10(15)11(16)9(7)14;;;/h1-9H;1-10H;1-4H;2*1H;/q-1;;-1;;;+2/p-2. The zero-order valence-electron chi connectivity index (χ0n) is 23.4. The van der Waals surface area contributed by atoms with Crippen molar-refractivity contribution < 1.29 is 71.0 Å². The molecule has 226 valence electrons. The van der Waals surface area contributed by atoms with E-state index in [0.717, 1.165) is 0 Å². The molecule has 0 bridgehead atoms. The van der Waals surface area contributed by atoms with E-state index >= 15 is 0 Å². The Morgan fingerprint density at radius 1 is 0.467 bits per heavy atom. The third kappa shape index (κ3) is 8.13. The molecular formula is C37H23Cl2F5Zr-2. The van der Waals surface area contributed by atoms with Crippen LogP contribution in [0.15, 0.2) is 140 Å². The van der Waals surface area contributed by atoms with E-state index in [1.165, 1.54) is 84.4 Å². The zero-order chi connectivity index (χ0) is 30.3. The van der Waals surface area contributed by atoms with Crippen LogP contribution in [0, 0.1) is 29.1 Å². The van der Waals surface area contributed by atoms with Crippen LogP contribution in [-0.2, 0) is 24.2 Å². The summed E-state index contributed by atoms with van der Waals surface area (Å²) in [5.41, 5.74) is 1.71. The summed E-state index contributed by atoms with van der Waals surface area (Å²) < 4.78 is 66.3.